The van der Waals surface area contributed by atoms with E-state index in [1.54, 1.807) is 28.7 Å². The summed E-state index contributed by atoms with van der Waals surface area (Å²) in [6, 6.07) is 4.16. The Labute approximate surface area is 85.0 Å². The van der Waals surface area contributed by atoms with Gasteiger partial charge in [0, 0.05) is 14.3 Å². The maximum Gasteiger partial charge on any atom is 0.0916 e. The first-order valence-electron chi connectivity index (χ1n) is 4.07. The van der Waals surface area contributed by atoms with Crippen molar-refractivity contribution in [2.45, 2.75) is 12.5 Å². The van der Waals surface area contributed by atoms with Gasteiger partial charge in [0.25, 0.3) is 0 Å². The van der Waals surface area contributed by atoms with Crippen LogP contribution in [0.3, 0.4) is 0 Å². The molecule has 0 aliphatic rings. The van der Waals surface area contributed by atoms with Crippen LogP contribution in [0.2, 0.25) is 0 Å². The van der Waals surface area contributed by atoms with Crippen LogP contribution in [0.15, 0.2) is 30.2 Å². The second-order valence-electron chi connectivity index (χ2n) is 2.84. The fourth-order valence-electron chi connectivity index (χ4n) is 1.22. The Balaban J connectivity index is 2.33. The van der Waals surface area contributed by atoms with Crippen molar-refractivity contribution in [3.05, 3.63) is 35.0 Å². The molecule has 0 saturated carbocycles. The van der Waals surface area contributed by atoms with Gasteiger partial charge >= 0.3 is 0 Å². The third-order valence-electron chi connectivity index (χ3n) is 1.88. The molecule has 68 valence electrons. The number of thiophene rings is 2. The Morgan fingerprint density at radius 2 is 2.38 bits per heavy atom. The molecular formula is C10H10OS2. The van der Waals surface area contributed by atoms with E-state index in [4.69, 9.17) is 0 Å². The molecule has 0 bridgehead atoms. The Morgan fingerprint density at radius 3 is 3.08 bits per heavy atom. The first kappa shape index (κ1) is 8.94. The minimum atomic E-state index is -0.373. The van der Waals surface area contributed by atoms with Crippen molar-refractivity contribution >= 4 is 32.1 Å². The van der Waals surface area contributed by atoms with Crippen LogP contribution in [0, 0.1) is 0 Å². The molecule has 1 unspecified atom stereocenters. The lowest BCUT2D eigenvalue weighted by Crippen LogP contribution is -1.90. The highest BCUT2D eigenvalue weighted by Crippen LogP contribution is 2.34. The highest BCUT2D eigenvalue weighted by Gasteiger charge is 2.09. The van der Waals surface area contributed by atoms with Gasteiger partial charge in [0.15, 0.2) is 0 Å². The van der Waals surface area contributed by atoms with Crippen LogP contribution in [-0.4, -0.2) is 5.11 Å². The van der Waals surface area contributed by atoms with Crippen molar-refractivity contribution in [3.63, 3.8) is 0 Å². The lowest BCUT2D eigenvalue weighted by molar-refractivity contribution is 0.185. The molecule has 1 nitrogen and oxygen atoms in total. The van der Waals surface area contributed by atoms with Crippen molar-refractivity contribution in [2.24, 2.45) is 0 Å². The summed E-state index contributed by atoms with van der Waals surface area (Å²) in [6.07, 6.45) is 2.01. The SMILES string of the molecule is C=CCC(O)c1cc2sccc2s1. The molecule has 0 radical (unpaired) electrons. The molecule has 1 atom stereocenters. The predicted molar refractivity (Wildman–Crippen MR) is 59.5 cm³/mol. The van der Waals surface area contributed by atoms with E-state index in [1.165, 1.54) is 9.40 Å². The van der Waals surface area contributed by atoms with Gasteiger partial charge in [0.1, 0.15) is 0 Å². The highest BCUT2D eigenvalue weighted by molar-refractivity contribution is 7.26. The van der Waals surface area contributed by atoms with E-state index in [1.807, 2.05) is 0 Å². The third kappa shape index (κ3) is 1.68. The summed E-state index contributed by atoms with van der Waals surface area (Å²) in [4.78, 5) is 1.04. The minimum Gasteiger partial charge on any atom is -0.387 e. The van der Waals surface area contributed by atoms with Gasteiger partial charge < -0.3 is 5.11 Å². The van der Waals surface area contributed by atoms with Crippen LogP contribution in [0.4, 0.5) is 0 Å². The van der Waals surface area contributed by atoms with Gasteiger partial charge in [0.05, 0.1) is 6.10 Å². The van der Waals surface area contributed by atoms with Crippen LogP contribution in [0.25, 0.3) is 9.40 Å². The van der Waals surface area contributed by atoms with Gasteiger partial charge in [-0.05, 0) is 23.9 Å². The zero-order chi connectivity index (χ0) is 9.26. The molecule has 1 N–H and O–H groups in total. The highest BCUT2D eigenvalue weighted by atomic mass is 32.1. The number of aliphatic hydroxyl groups excluding tert-OH is 1. The van der Waals surface area contributed by atoms with Gasteiger partial charge in [-0.15, -0.1) is 29.3 Å². The lowest BCUT2D eigenvalue weighted by Gasteiger charge is -2.02. The number of hydrogen-bond acceptors (Lipinski definition) is 3. The Morgan fingerprint density at radius 1 is 1.54 bits per heavy atom. The standard InChI is InChI=1S/C10H10OS2/c1-2-3-7(11)9-6-10-8(13-9)4-5-12-10/h2,4-7,11H,1,3H2. The fourth-order valence-corrected chi connectivity index (χ4v) is 3.34. The van der Waals surface area contributed by atoms with Crippen molar-refractivity contribution in [3.8, 4) is 0 Å². The summed E-state index contributed by atoms with van der Waals surface area (Å²) in [6.45, 7) is 3.61. The molecule has 2 heterocycles. The molecule has 2 rings (SSSR count). The van der Waals surface area contributed by atoms with E-state index < -0.39 is 0 Å². The van der Waals surface area contributed by atoms with Crippen LogP contribution >= 0.6 is 22.7 Å². The molecule has 0 aliphatic heterocycles. The fraction of sp³-hybridized carbons (Fsp3) is 0.200. The molecule has 2 aromatic rings. The molecular weight excluding hydrogens is 200 g/mol. The number of hydrogen-bond donors (Lipinski definition) is 1. The van der Waals surface area contributed by atoms with E-state index in [0.29, 0.717) is 6.42 Å². The van der Waals surface area contributed by atoms with Crippen LogP contribution in [-0.2, 0) is 0 Å². The molecule has 13 heavy (non-hydrogen) atoms. The predicted octanol–water partition coefficient (Wildman–Crippen LogP) is 3.57. The molecule has 3 heteroatoms. The Kier molecular flexibility index (Phi) is 2.49. The zero-order valence-electron chi connectivity index (χ0n) is 7.06. The molecule has 0 spiro atoms. The van der Waals surface area contributed by atoms with Crippen LogP contribution < -0.4 is 0 Å². The van der Waals surface area contributed by atoms with E-state index in [0.717, 1.165) is 4.88 Å². The Bertz CT molecular complexity index is 385. The van der Waals surface area contributed by atoms with Crippen molar-refractivity contribution in [1.29, 1.82) is 0 Å². The largest absolute Gasteiger partial charge is 0.387 e. The molecule has 0 amide bonds. The summed E-state index contributed by atoms with van der Waals surface area (Å²) in [7, 11) is 0. The summed E-state index contributed by atoms with van der Waals surface area (Å²) >= 11 is 3.38. The van der Waals surface area contributed by atoms with Gasteiger partial charge in [-0.25, -0.2) is 0 Å². The molecule has 2 aromatic heterocycles. The first-order valence-corrected chi connectivity index (χ1v) is 5.77. The quantitative estimate of drug-likeness (QED) is 0.768. The molecule has 0 fully saturated rings. The average Bonchev–Trinajstić information content (AvgIpc) is 2.61. The second-order valence-corrected chi connectivity index (χ2v) is 4.90. The number of rotatable bonds is 3. The van der Waals surface area contributed by atoms with Crippen LogP contribution in [0.1, 0.15) is 17.4 Å². The van der Waals surface area contributed by atoms with Gasteiger partial charge in [-0.1, -0.05) is 6.08 Å². The van der Waals surface area contributed by atoms with Crippen molar-refractivity contribution in [2.75, 3.05) is 0 Å². The summed E-state index contributed by atoms with van der Waals surface area (Å²) in [5, 5.41) is 11.8. The van der Waals surface area contributed by atoms with E-state index in [2.05, 4.69) is 24.1 Å². The molecule has 0 aromatic carbocycles. The van der Waals surface area contributed by atoms with Gasteiger partial charge in [-0.2, -0.15) is 0 Å². The molecule has 0 aliphatic carbocycles. The lowest BCUT2D eigenvalue weighted by atomic mass is 10.2. The summed E-state index contributed by atoms with van der Waals surface area (Å²) in [5.74, 6) is 0. The monoisotopic (exact) mass is 210 g/mol. The number of aliphatic hydroxyl groups is 1. The topological polar surface area (TPSA) is 20.2 Å². The zero-order valence-corrected chi connectivity index (χ0v) is 8.70. The van der Waals surface area contributed by atoms with E-state index in [-0.39, 0.29) is 6.10 Å². The smallest absolute Gasteiger partial charge is 0.0916 e. The Hall–Kier alpha value is -0.640. The summed E-state index contributed by atoms with van der Waals surface area (Å²) < 4.78 is 2.53. The number of fused-ring (bicyclic) bond motifs is 1. The first-order chi connectivity index (χ1) is 6.31. The van der Waals surface area contributed by atoms with E-state index >= 15 is 0 Å². The maximum atomic E-state index is 9.68. The van der Waals surface area contributed by atoms with Crippen molar-refractivity contribution in [1.82, 2.24) is 0 Å². The maximum absolute atomic E-state index is 9.68. The average molecular weight is 210 g/mol. The normalized spacial score (nSPS) is 13.3. The van der Waals surface area contributed by atoms with Crippen molar-refractivity contribution < 1.29 is 5.11 Å². The third-order valence-corrected chi connectivity index (χ3v) is 4.07. The molecule has 0 saturated heterocycles. The minimum absolute atomic E-state index is 0.373. The van der Waals surface area contributed by atoms with E-state index in [9.17, 15) is 5.11 Å². The van der Waals surface area contributed by atoms with Gasteiger partial charge in [-0.3, -0.25) is 0 Å². The second kappa shape index (κ2) is 3.62. The van der Waals surface area contributed by atoms with Crippen LogP contribution in [0.5, 0.6) is 0 Å². The summed E-state index contributed by atoms with van der Waals surface area (Å²) in [5.41, 5.74) is 0. The van der Waals surface area contributed by atoms with Gasteiger partial charge in [0.2, 0.25) is 0 Å².